The molecule has 0 saturated heterocycles. The molecule has 2 amide bonds. The van der Waals surface area contributed by atoms with Gasteiger partial charge in [0.25, 0.3) is 0 Å². The first kappa shape index (κ1) is 23.3. The molecule has 0 saturated carbocycles. The summed E-state index contributed by atoms with van der Waals surface area (Å²) in [5, 5.41) is 3.55. The Kier molecular flexibility index (Phi) is 9.05. The number of halogens is 1. The van der Waals surface area contributed by atoms with Gasteiger partial charge in [-0.1, -0.05) is 41.4 Å². The first-order chi connectivity index (χ1) is 13.8. The Morgan fingerprint density at radius 3 is 2.24 bits per heavy atom. The Morgan fingerprint density at radius 1 is 1.03 bits per heavy atom. The number of benzene rings is 2. The third kappa shape index (κ3) is 7.75. The Hall–Kier alpha value is -1.98. The number of thioether (sulfide) groups is 1. The van der Waals surface area contributed by atoms with Gasteiger partial charge in [-0.2, -0.15) is 0 Å². The van der Waals surface area contributed by atoms with E-state index in [0.29, 0.717) is 23.7 Å². The number of amides is 2. The summed E-state index contributed by atoms with van der Waals surface area (Å²) < 4.78 is 0. The predicted molar refractivity (Wildman–Crippen MR) is 121 cm³/mol. The van der Waals surface area contributed by atoms with E-state index in [1.807, 2.05) is 26.0 Å². The highest BCUT2D eigenvalue weighted by atomic mass is 35.5. The van der Waals surface area contributed by atoms with E-state index in [-0.39, 0.29) is 17.9 Å². The van der Waals surface area contributed by atoms with E-state index in [1.54, 1.807) is 35.7 Å². The summed E-state index contributed by atoms with van der Waals surface area (Å²) in [7, 11) is 0. The largest absolute Gasteiger partial charge is 0.352 e. The minimum absolute atomic E-state index is 0.0227. The molecular formula is C23H29ClN2O2S. The highest BCUT2D eigenvalue weighted by Gasteiger charge is 2.26. The Labute approximate surface area is 183 Å². The molecule has 0 unspecified atom stereocenters. The van der Waals surface area contributed by atoms with Crippen molar-refractivity contribution in [3.63, 3.8) is 0 Å². The number of hydrogen-bond donors (Lipinski definition) is 1. The monoisotopic (exact) mass is 432 g/mol. The summed E-state index contributed by atoms with van der Waals surface area (Å²) in [5.41, 5.74) is 2.16. The molecule has 0 bridgehead atoms. The molecule has 156 valence electrons. The number of nitrogens with one attached hydrogen (secondary N) is 1. The van der Waals surface area contributed by atoms with Crippen LogP contribution < -0.4 is 5.32 Å². The van der Waals surface area contributed by atoms with E-state index in [9.17, 15) is 9.59 Å². The van der Waals surface area contributed by atoms with Crippen molar-refractivity contribution >= 4 is 35.2 Å². The van der Waals surface area contributed by atoms with Crippen LogP contribution in [0.1, 0.15) is 38.3 Å². The third-order valence-corrected chi connectivity index (χ3v) is 5.74. The molecular weight excluding hydrogens is 404 g/mol. The molecule has 1 atom stereocenters. The number of aryl methyl sites for hydroxylation is 1. The Morgan fingerprint density at radius 2 is 1.66 bits per heavy atom. The zero-order valence-electron chi connectivity index (χ0n) is 17.4. The van der Waals surface area contributed by atoms with E-state index in [4.69, 9.17) is 11.6 Å². The van der Waals surface area contributed by atoms with Gasteiger partial charge in [0.2, 0.25) is 11.8 Å². The highest BCUT2D eigenvalue weighted by Crippen LogP contribution is 2.21. The molecule has 4 nitrogen and oxygen atoms in total. The first-order valence-electron chi connectivity index (χ1n) is 9.80. The van der Waals surface area contributed by atoms with Crippen LogP contribution in [0.15, 0.2) is 53.4 Å². The summed E-state index contributed by atoms with van der Waals surface area (Å²) >= 11 is 7.62. The maximum absolute atomic E-state index is 13.0. The normalized spacial score (nSPS) is 11.9. The fraction of sp³-hybridized carbons (Fsp3) is 0.391. The molecule has 0 aliphatic carbocycles. The van der Waals surface area contributed by atoms with Crippen LogP contribution in [-0.2, 0) is 16.1 Å². The molecule has 2 rings (SSSR count). The maximum atomic E-state index is 13.0. The van der Waals surface area contributed by atoms with Crippen LogP contribution in [-0.4, -0.2) is 34.6 Å². The lowest BCUT2D eigenvalue weighted by atomic mass is 10.1. The number of nitrogens with zero attached hydrogens (tertiary/aromatic N) is 1. The molecule has 2 aromatic carbocycles. The smallest absolute Gasteiger partial charge is 0.242 e. The van der Waals surface area contributed by atoms with Crippen molar-refractivity contribution in [1.29, 1.82) is 0 Å². The standard InChI is InChI=1S/C23H29ClN2O2S/c1-16(2)25-23(28)18(4)26(15-19-7-9-20(24)10-8-19)22(27)13-14-29-21-11-5-17(3)6-12-21/h5-12,16,18H,13-15H2,1-4H3,(H,25,28)/t18-/m1/s1. The van der Waals surface area contributed by atoms with Gasteiger partial charge in [0.1, 0.15) is 6.04 Å². The average molecular weight is 433 g/mol. The van der Waals surface area contributed by atoms with Crippen LogP contribution in [0, 0.1) is 6.92 Å². The minimum atomic E-state index is -0.551. The molecule has 0 radical (unpaired) electrons. The predicted octanol–water partition coefficient (Wildman–Crippen LogP) is 5.07. The molecule has 0 aromatic heterocycles. The van der Waals surface area contributed by atoms with Gasteiger partial charge < -0.3 is 10.2 Å². The van der Waals surface area contributed by atoms with Crippen molar-refractivity contribution in [1.82, 2.24) is 10.2 Å². The topological polar surface area (TPSA) is 49.4 Å². The molecule has 0 aliphatic heterocycles. The van der Waals surface area contributed by atoms with Crippen molar-refractivity contribution in [2.45, 2.75) is 57.6 Å². The van der Waals surface area contributed by atoms with Crippen LogP contribution >= 0.6 is 23.4 Å². The SMILES string of the molecule is Cc1ccc(SCCC(=O)N(Cc2ccc(Cl)cc2)[C@H](C)C(=O)NC(C)C)cc1. The quantitative estimate of drug-likeness (QED) is 0.562. The van der Waals surface area contributed by atoms with E-state index in [1.165, 1.54) is 5.56 Å². The fourth-order valence-corrected chi connectivity index (χ4v) is 3.78. The lowest BCUT2D eigenvalue weighted by molar-refractivity contribution is -0.140. The van der Waals surface area contributed by atoms with Gasteiger partial charge in [0.05, 0.1) is 0 Å². The number of rotatable bonds is 9. The summed E-state index contributed by atoms with van der Waals surface area (Å²) in [5.74, 6) is 0.483. The van der Waals surface area contributed by atoms with Gasteiger partial charge >= 0.3 is 0 Å². The average Bonchev–Trinajstić information content (AvgIpc) is 2.68. The van der Waals surface area contributed by atoms with Crippen LogP contribution in [0.5, 0.6) is 0 Å². The van der Waals surface area contributed by atoms with Gasteiger partial charge in [-0.15, -0.1) is 11.8 Å². The van der Waals surface area contributed by atoms with E-state index in [0.717, 1.165) is 10.5 Å². The van der Waals surface area contributed by atoms with Crippen LogP contribution in [0.25, 0.3) is 0 Å². The van der Waals surface area contributed by atoms with Gasteiger partial charge in [-0.3, -0.25) is 9.59 Å². The van der Waals surface area contributed by atoms with Gasteiger partial charge in [0, 0.05) is 34.7 Å². The Bertz CT molecular complexity index is 807. The van der Waals surface area contributed by atoms with Crippen molar-refractivity contribution in [2.75, 3.05) is 5.75 Å². The van der Waals surface area contributed by atoms with Gasteiger partial charge in [-0.25, -0.2) is 0 Å². The van der Waals surface area contributed by atoms with Crippen molar-refractivity contribution < 1.29 is 9.59 Å². The van der Waals surface area contributed by atoms with Gasteiger partial charge in [-0.05, 0) is 57.5 Å². The molecule has 0 heterocycles. The summed E-state index contributed by atoms with van der Waals surface area (Å²) in [4.78, 5) is 28.3. The second kappa shape index (κ2) is 11.3. The fourth-order valence-electron chi connectivity index (χ4n) is 2.81. The highest BCUT2D eigenvalue weighted by molar-refractivity contribution is 7.99. The van der Waals surface area contributed by atoms with Crippen LogP contribution in [0.3, 0.4) is 0 Å². The second-order valence-corrected chi connectivity index (χ2v) is 9.00. The molecule has 1 N–H and O–H groups in total. The molecule has 2 aromatic rings. The molecule has 29 heavy (non-hydrogen) atoms. The van der Waals surface area contributed by atoms with E-state index >= 15 is 0 Å². The lowest BCUT2D eigenvalue weighted by Crippen LogP contribution is -2.49. The number of carbonyl (C=O) groups is 2. The van der Waals surface area contributed by atoms with Crippen molar-refractivity contribution in [2.24, 2.45) is 0 Å². The zero-order valence-corrected chi connectivity index (χ0v) is 19.0. The summed E-state index contributed by atoms with van der Waals surface area (Å²) in [6, 6.07) is 15.1. The zero-order chi connectivity index (χ0) is 21.4. The summed E-state index contributed by atoms with van der Waals surface area (Å²) in [6.07, 6.45) is 0.366. The van der Waals surface area contributed by atoms with Crippen molar-refractivity contribution in [3.8, 4) is 0 Å². The summed E-state index contributed by atoms with van der Waals surface area (Å²) in [6.45, 7) is 8.02. The number of carbonyl (C=O) groups excluding carboxylic acids is 2. The van der Waals surface area contributed by atoms with Gasteiger partial charge in [0.15, 0.2) is 0 Å². The molecule has 0 aliphatic rings. The second-order valence-electron chi connectivity index (χ2n) is 7.40. The third-order valence-electron chi connectivity index (χ3n) is 4.47. The van der Waals surface area contributed by atoms with Crippen LogP contribution in [0.2, 0.25) is 5.02 Å². The van der Waals surface area contributed by atoms with E-state index in [2.05, 4.69) is 36.5 Å². The molecule has 6 heteroatoms. The minimum Gasteiger partial charge on any atom is -0.352 e. The first-order valence-corrected chi connectivity index (χ1v) is 11.2. The maximum Gasteiger partial charge on any atom is 0.242 e. The Balaban J connectivity index is 2.05. The molecule has 0 fully saturated rings. The van der Waals surface area contributed by atoms with E-state index < -0.39 is 6.04 Å². The van der Waals surface area contributed by atoms with Crippen LogP contribution in [0.4, 0.5) is 0 Å². The molecule has 0 spiro atoms. The lowest BCUT2D eigenvalue weighted by Gasteiger charge is -2.29. The van der Waals surface area contributed by atoms with Crippen molar-refractivity contribution in [3.05, 3.63) is 64.7 Å². The number of hydrogen-bond acceptors (Lipinski definition) is 3.